The number of nitrogens with one attached hydrogen (secondary N) is 1. The maximum absolute atomic E-state index is 6.55. The van der Waals surface area contributed by atoms with Crippen molar-refractivity contribution in [1.82, 2.24) is 20.1 Å². The van der Waals surface area contributed by atoms with Gasteiger partial charge in [-0.1, -0.05) is 69.3 Å². The van der Waals surface area contributed by atoms with Gasteiger partial charge in [0.25, 0.3) is 0 Å². The van der Waals surface area contributed by atoms with Gasteiger partial charge in [0.15, 0.2) is 5.11 Å². The summed E-state index contributed by atoms with van der Waals surface area (Å²) in [5.41, 5.74) is 0.301. The van der Waals surface area contributed by atoms with Gasteiger partial charge in [0.05, 0.1) is 0 Å². The molecule has 1 saturated heterocycles. The summed E-state index contributed by atoms with van der Waals surface area (Å²) >= 11 is 18.5. The quantitative estimate of drug-likeness (QED) is 0.319. The van der Waals surface area contributed by atoms with Crippen molar-refractivity contribution in [2.45, 2.75) is 70.7 Å². The summed E-state index contributed by atoms with van der Waals surface area (Å²) in [6, 6.07) is 14.9. The zero-order chi connectivity index (χ0) is 26.9. The Morgan fingerprint density at radius 2 is 1.79 bits per heavy atom. The minimum Gasteiger partial charge on any atom is -0.466 e. The molecule has 3 aromatic rings. The third-order valence-corrected chi connectivity index (χ3v) is 8.01. The summed E-state index contributed by atoms with van der Waals surface area (Å²) in [6.07, 6.45) is 7.88. The number of benzene rings is 2. The minimum atomic E-state index is -0.553. The summed E-state index contributed by atoms with van der Waals surface area (Å²) in [7, 11) is 0. The van der Waals surface area contributed by atoms with Gasteiger partial charge in [0.2, 0.25) is 6.23 Å². The van der Waals surface area contributed by atoms with Gasteiger partial charge in [0, 0.05) is 15.7 Å². The number of aliphatic imine (C=N–C) groups is 1. The number of anilines is 1. The Morgan fingerprint density at radius 3 is 2.42 bits per heavy atom. The Hall–Kier alpha value is -2.68. The fourth-order valence-corrected chi connectivity index (χ4v) is 6.08. The van der Waals surface area contributed by atoms with Gasteiger partial charge in [0.1, 0.15) is 35.8 Å². The monoisotopic (exact) mass is 570 g/mol. The van der Waals surface area contributed by atoms with Gasteiger partial charge in [-0.2, -0.15) is 5.10 Å². The highest BCUT2D eigenvalue weighted by molar-refractivity contribution is 7.80. The number of thiocarbonyl (C=S) groups is 1. The first-order valence-corrected chi connectivity index (χ1v) is 14.1. The van der Waals surface area contributed by atoms with Gasteiger partial charge in [-0.25, -0.2) is 9.67 Å². The summed E-state index contributed by atoms with van der Waals surface area (Å²) in [6.45, 7) is 6.48. The number of nitrogens with zero attached hydrogens (tertiary/aromatic N) is 5. The maximum atomic E-state index is 6.55. The van der Waals surface area contributed by atoms with Crippen LogP contribution >= 0.6 is 35.4 Å². The van der Waals surface area contributed by atoms with Gasteiger partial charge in [-0.05, 0) is 72.9 Å². The standard InChI is InChI=1S/C28H32Cl2N6OS/c1-27(2,3)23(24(35-18-31-17-32-35)37-22-12-10-19(29)11-13-22)33-25-28(14-5-4-6-15-28)36(26(38)34-25)21-9-7-8-20(30)16-21/h7-13,16-18,23-24H,4-6,14-15H2,1-3H3,(H,33,34,38)/t23-,24+/m0/s1. The number of hydrogen-bond donors (Lipinski definition) is 1. The van der Waals surface area contributed by atoms with Gasteiger partial charge >= 0.3 is 0 Å². The van der Waals surface area contributed by atoms with Gasteiger partial charge in [-0.15, -0.1) is 0 Å². The van der Waals surface area contributed by atoms with Crippen LogP contribution in [0.4, 0.5) is 5.69 Å². The first kappa shape index (κ1) is 26.9. The molecule has 0 amide bonds. The van der Waals surface area contributed by atoms with Crippen LogP contribution in [0.5, 0.6) is 5.75 Å². The lowest BCUT2D eigenvalue weighted by molar-refractivity contribution is 0.0469. The van der Waals surface area contributed by atoms with Gasteiger partial charge < -0.3 is 15.0 Å². The van der Waals surface area contributed by atoms with Gasteiger partial charge in [-0.3, -0.25) is 4.99 Å². The third-order valence-electron chi connectivity index (χ3n) is 7.24. The molecule has 7 nitrogen and oxygen atoms in total. The SMILES string of the molecule is CC(C)(C)[C@@H](N=C1NC(=S)N(c2cccc(Cl)c2)C12CCCCC2)[C@@H](Oc1ccc(Cl)cc1)n1cncn1. The van der Waals surface area contributed by atoms with Crippen molar-refractivity contribution in [2.75, 3.05) is 4.90 Å². The van der Waals surface area contributed by atoms with Crippen LogP contribution < -0.4 is 15.0 Å². The van der Waals surface area contributed by atoms with E-state index in [9.17, 15) is 0 Å². The predicted octanol–water partition coefficient (Wildman–Crippen LogP) is 7.07. The Labute approximate surface area is 239 Å². The summed E-state index contributed by atoms with van der Waals surface area (Å²) in [4.78, 5) is 11.9. The number of halogens is 2. The molecule has 1 aliphatic carbocycles. The molecule has 1 aromatic heterocycles. The van der Waals surface area contributed by atoms with E-state index in [1.165, 1.54) is 12.7 Å². The van der Waals surface area contributed by atoms with Crippen LogP contribution in [0, 0.1) is 5.41 Å². The maximum Gasteiger partial charge on any atom is 0.215 e. The molecule has 0 unspecified atom stereocenters. The normalized spacial score (nSPS) is 20.0. The van der Waals surface area contributed by atoms with E-state index >= 15 is 0 Å². The van der Waals surface area contributed by atoms with E-state index in [0.29, 0.717) is 20.9 Å². The Balaban J connectivity index is 1.60. The molecular formula is C28H32Cl2N6OS. The molecule has 38 heavy (non-hydrogen) atoms. The number of hydrogen-bond acceptors (Lipinski definition) is 5. The zero-order valence-electron chi connectivity index (χ0n) is 21.8. The highest BCUT2D eigenvalue weighted by Gasteiger charge is 2.51. The predicted molar refractivity (Wildman–Crippen MR) is 157 cm³/mol. The van der Waals surface area contributed by atoms with Crippen molar-refractivity contribution in [3.05, 3.63) is 71.2 Å². The summed E-state index contributed by atoms with van der Waals surface area (Å²) < 4.78 is 8.27. The summed E-state index contributed by atoms with van der Waals surface area (Å²) in [5.74, 6) is 1.54. The van der Waals surface area contributed by atoms with Crippen LogP contribution in [-0.4, -0.2) is 37.3 Å². The third kappa shape index (κ3) is 5.40. The number of amidine groups is 1. The second-order valence-electron chi connectivity index (χ2n) is 11.0. The van der Waals surface area contributed by atoms with Crippen molar-refractivity contribution >= 4 is 52.1 Å². The average molecular weight is 572 g/mol. The molecule has 2 aliphatic rings. The number of ether oxygens (including phenoxy) is 1. The molecular weight excluding hydrogens is 539 g/mol. The molecule has 0 radical (unpaired) electrons. The molecule has 1 N–H and O–H groups in total. The van der Waals surface area contributed by atoms with Crippen molar-refractivity contribution < 1.29 is 4.74 Å². The average Bonchev–Trinajstić information content (AvgIpc) is 3.49. The van der Waals surface area contributed by atoms with Crippen LogP contribution in [0.15, 0.2) is 66.2 Å². The first-order valence-electron chi connectivity index (χ1n) is 12.9. The van der Waals surface area contributed by atoms with E-state index in [0.717, 1.165) is 37.2 Å². The lowest BCUT2D eigenvalue weighted by atomic mass is 9.79. The van der Waals surface area contributed by atoms with Crippen molar-refractivity contribution in [1.29, 1.82) is 0 Å². The van der Waals surface area contributed by atoms with E-state index < -0.39 is 6.23 Å². The Morgan fingerprint density at radius 1 is 1.05 bits per heavy atom. The molecule has 10 heteroatoms. The first-order chi connectivity index (χ1) is 18.2. The Bertz CT molecular complexity index is 1300. The lowest BCUT2D eigenvalue weighted by Gasteiger charge is -2.42. The Kier molecular flexibility index (Phi) is 7.67. The van der Waals surface area contributed by atoms with E-state index in [1.54, 1.807) is 11.0 Å². The molecule has 0 bridgehead atoms. The molecule has 2 atom stereocenters. The van der Waals surface area contributed by atoms with Crippen LogP contribution in [0.2, 0.25) is 10.0 Å². The van der Waals surface area contributed by atoms with Crippen LogP contribution in [0.3, 0.4) is 0 Å². The highest BCUT2D eigenvalue weighted by atomic mass is 35.5. The fourth-order valence-electron chi connectivity index (χ4n) is 5.39. The smallest absolute Gasteiger partial charge is 0.215 e. The number of aromatic nitrogens is 3. The largest absolute Gasteiger partial charge is 0.466 e. The molecule has 2 aromatic carbocycles. The van der Waals surface area contributed by atoms with E-state index in [2.05, 4.69) is 47.1 Å². The van der Waals surface area contributed by atoms with Crippen LogP contribution in [0.1, 0.15) is 59.1 Å². The molecule has 1 aliphatic heterocycles. The molecule has 2 heterocycles. The molecule has 1 spiro atoms. The molecule has 5 rings (SSSR count). The lowest BCUT2D eigenvalue weighted by Crippen LogP contribution is -2.52. The summed E-state index contributed by atoms with van der Waals surface area (Å²) in [5, 5.41) is 9.90. The molecule has 200 valence electrons. The van der Waals surface area contributed by atoms with Crippen molar-refractivity contribution in [3.63, 3.8) is 0 Å². The molecule has 2 fully saturated rings. The van der Waals surface area contributed by atoms with E-state index in [-0.39, 0.29) is 17.0 Å². The highest BCUT2D eigenvalue weighted by Crippen LogP contribution is 2.43. The number of rotatable bonds is 6. The minimum absolute atomic E-state index is 0.293. The molecule has 1 saturated carbocycles. The fraction of sp³-hybridized carbons (Fsp3) is 0.429. The van der Waals surface area contributed by atoms with Crippen molar-refractivity contribution in [3.8, 4) is 5.75 Å². The van der Waals surface area contributed by atoms with Crippen molar-refractivity contribution in [2.24, 2.45) is 10.4 Å². The van der Waals surface area contributed by atoms with E-state index in [4.69, 9.17) is 45.1 Å². The topological polar surface area (TPSA) is 67.6 Å². The van der Waals surface area contributed by atoms with Crippen LogP contribution in [-0.2, 0) is 0 Å². The second-order valence-corrected chi connectivity index (χ2v) is 12.2. The second kappa shape index (κ2) is 10.8. The van der Waals surface area contributed by atoms with Crippen LogP contribution in [0.25, 0.3) is 0 Å². The van der Waals surface area contributed by atoms with E-state index in [1.807, 2.05) is 42.5 Å². The zero-order valence-corrected chi connectivity index (χ0v) is 24.1.